The number of ketones is 1. The smallest absolute Gasteiger partial charge is 0.288 e. The lowest BCUT2D eigenvalue weighted by atomic mass is 10.00. The molecule has 0 unspecified atom stereocenters. The summed E-state index contributed by atoms with van der Waals surface area (Å²) < 4.78 is 78.5. The van der Waals surface area contributed by atoms with Gasteiger partial charge in [0.2, 0.25) is 5.78 Å². The van der Waals surface area contributed by atoms with E-state index in [-0.39, 0.29) is 27.2 Å². The van der Waals surface area contributed by atoms with E-state index in [1.54, 1.807) is 6.07 Å². The molecule has 3 aromatic rings. The molecule has 0 atom stereocenters. The fourth-order valence-corrected chi connectivity index (χ4v) is 3.46. The molecule has 146 valence electrons. The van der Waals surface area contributed by atoms with Gasteiger partial charge in [-0.05, 0) is 30.3 Å². The van der Waals surface area contributed by atoms with Crippen LogP contribution < -0.4 is 0 Å². The first-order valence-electron chi connectivity index (χ1n) is 7.51. The number of aromatic nitrogens is 1. The molecule has 10 heteroatoms. The van der Waals surface area contributed by atoms with E-state index in [4.69, 9.17) is 11.6 Å². The van der Waals surface area contributed by atoms with E-state index in [0.29, 0.717) is 12.1 Å². The highest BCUT2D eigenvalue weighted by atomic mass is 35.5. The van der Waals surface area contributed by atoms with Gasteiger partial charge in [0.05, 0.1) is 27.4 Å². The van der Waals surface area contributed by atoms with Crippen LogP contribution in [0.4, 0.5) is 26.3 Å². The van der Waals surface area contributed by atoms with Gasteiger partial charge in [-0.15, -0.1) is 11.3 Å². The Morgan fingerprint density at radius 3 is 2.04 bits per heavy atom. The Balaban J connectivity index is 2.17. The Bertz CT molecular complexity index is 1010. The maximum Gasteiger partial charge on any atom is 0.416 e. The summed E-state index contributed by atoms with van der Waals surface area (Å²) >= 11 is 6.77. The largest absolute Gasteiger partial charge is 0.416 e. The van der Waals surface area contributed by atoms with Gasteiger partial charge in [-0.2, -0.15) is 26.3 Å². The zero-order valence-corrected chi connectivity index (χ0v) is 15.1. The maximum atomic E-state index is 13.1. The molecule has 0 aliphatic heterocycles. The van der Waals surface area contributed by atoms with Gasteiger partial charge >= 0.3 is 12.4 Å². The number of halogens is 7. The molecule has 0 saturated carbocycles. The van der Waals surface area contributed by atoms with Gasteiger partial charge in [0.25, 0.3) is 0 Å². The van der Waals surface area contributed by atoms with Crippen LogP contribution in [0.2, 0.25) is 5.02 Å². The number of nitrogens with zero attached hydrogens (tertiary/aromatic N) is 1. The van der Waals surface area contributed by atoms with Crippen molar-refractivity contribution in [1.29, 1.82) is 0 Å². The average molecular weight is 436 g/mol. The third-order valence-corrected chi connectivity index (χ3v) is 4.91. The van der Waals surface area contributed by atoms with Crippen LogP contribution in [-0.4, -0.2) is 10.8 Å². The van der Waals surface area contributed by atoms with E-state index in [0.717, 1.165) is 11.3 Å². The molecule has 0 N–H and O–H groups in total. The molecule has 28 heavy (non-hydrogen) atoms. The second-order valence-electron chi connectivity index (χ2n) is 5.63. The first kappa shape index (κ1) is 20.3. The number of hydrogen-bond donors (Lipinski definition) is 0. The Morgan fingerprint density at radius 1 is 0.929 bits per heavy atom. The predicted molar refractivity (Wildman–Crippen MR) is 92.4 cm³/mol. The van der Waals surface area contributed by atoms with Crippen LogP contribution in [0.5, 0.6) is 0 Å². The van der Waals surface area contributed by atoms with Crippen molar-refractivity contribution < 1.29 is 31.1 Å². The summed E-state index contributed by atoms with van der Waals surface area (Å²) in [6.45, 7) is 0. The number of thiazole rings is 1. The molecular weight excluding hydrogens is 428 g/mol. The van der Waals surface area contributed by atoms with Gasteiger partial charge in [0.15, 0.2) is 0 Å². The minimum atomic E-state index is -5.00. The van der Waals surface area contributed by atoms with Crippen molar-refractivity contribution in [3.8, 4) is 11.3 Å². The Morgan fingerprint density at radius 2 is 1.50 bits per heavy atom. The zero-order chi connectivity index (χ0) is 20.7. The van der Waals surface area contributed by atoms with Gasteiger partial charge < -0.3 is 0 Å². The molecule has 0 fully saturated rings. The topological polar surface area (TPSA) is 30.0 Å². The first-order chi connectivity index (χ1) is 13.0. The summed E-state index contributed by atoms with van der Waals surface area (Å²) in [4.78, 5) is 16.4. The number of alkyl halides is 6. The molecular formula is C18H8ClF6NOS. The third-order valence-electron chi connectivity index (χ3n) is 3.75. The molecule has 0 amide bonds. The van der Waals surface area contributed by atoms with Crippen LogP contribution in [0.15, 0.2) is 48.0 Å². The van der Waals surface area contributed by atoms with Gasteiger partial charge in [0, 0.05) is 11.1 Å². The van der Waals surface area contributed by atoms with E-state index < -0.39 is 34.8 Å². The van der Waals surface area contributed by atoms with Crippen LogP contribution in [0.1, 0.15) is 26.4 Å². The van der Waals surface area contributed by atoms with Gasteiger partial charge in [-0.25, -0.2) is 4.98 Å². The third kappa shape index (κ3) is 4.05. The quantitative estimate of drug-likeness (QED) is 0.337. The van der Waals surface area contributed by atoms with Crippen molar-refractivity contribution in [1.82, 2.24) is 4.98 Å². The molecule has 0 aliphatic rings. The molecule has 2 nitrogen and oxygen atoms in total. The van der Waals surface area contributed by atoms with E-state index in [2.05, 4.69) is 4.98 Å². The molecule has 0 radical (unpaired) electrons. The number of benzene rings is 2. The van der Waals surface area contributed by atoms with Crippen molar-refractivity contribution in [3.63, 3.8) is 0 Å². The standard InChI is InChI=1S/C18H8ClF6NOS/c19-13-4-2-1-3-12(13)15(27)16-14(26-8-28-16)9-5-10(17(20,21)22)7-11(6-9)18(23,24)25/h1-8H. The molecule has 0 aliphatic carbocycles. The Kier molecular flexibility index (Phi) is 5.24. The van der Waals surface area contributed by atoms with E-state index in [1.165, 1.54) is 23.7 Å². The highest BCUT2D eigenvalue weighted by Gasteiger charge is 2.37. The van der Waals surface area contributed by atoms with Gasteiger partial charge in [0.1, 0.15) is 4.88 Å². The van der Waals surface area contributed by atoms with Crippen molar-refractivity contribution in [2.45, 2.75) is 12.4 Å². The molecule has 1 heterocycles. The second-order valence-corrected chi connectivity index (χ2v) is 6.90. The second kappa shape index (κ2) is 7.21. The first-order valence-corrected chi connectivity index (χ1v) is 8.77. The van der Waals surface area contributed by atoms with Crippen LogP contribution in [0.3, 0.4) is 0 Å². The van der Waals surface area contributed by atoms with E-state index in [9.17, 15) is 31.1 Å². The highest BCUT2D eigenvalue weighted by molar-refractivity contribution is 7.12. The van der Waals surface area contributed by atoms with Gasteiger partial charge in [-0.1, -0.05) is 23.7 Å². The van der Waals surface area contributed by atoms with Crippen molar-refractivity contribution in [2.75, 3.05) is 0 Å². The molecule has 0 saturated heterocycles. The Hall–Kier alpha value is -2.39. The summed E-state index contributed by atoms with van der Waals surface area (Å²) in [5.74, 6) is -0.644. The summed E-state index contributed by atoms with van der Waals surface area (Å²) in [6.07, 6.45) is -10.0. The van der Waals surface area contributed by atoms with E-state index >= 15 is 0 Å². The van der Waals surface area contributed by atoms with Crippen molar-refractivity contribution in [3.05, 3.63) is 74.6 Å². The zero-order valence-electron chi connectivity index (χ0n) is 13.5. The lowest BCUT2D eigenvalue weighted by molar-refractivity contribution is -0.143. The maximum absolute atomic E-state index is 13.1. The minimum absolute atomic E-state index is 0.0193. The van der Waals surface area contributed by atoms with Crippen molar-refractivity contribution in [2.24, 2.45) is 0 Å². The van der Waals surface area contributed by atoms with E-state index in [1.807, 2.05) is 0 Å². The monoisotopic (exact) mass is 435 g/mol. The van der Waals surface area contributed by atoms with Crippen LogP contribution >= 0.6 is 22.9 Å². The van der Waals surface area contributed by atoms with Crippen LogP contribution in [-0.2, 0) is 12.4 Å². The normalized spacial score (nSPS) is 12.2. The number of carbonyl (C=O) groups is 1. The fraction of sp³-hybridized carbons (Fsp3) is 0.111. The van der Waals surface area contributed by atoms with Gasteiger partial charge in [-0.3, -0.25) is 4.79 Å². The fourth-order valence-electron chi connectivity index (χ4n) is 2.47. The molecule has 2 aromatic carbocycles. The summed E-state index contributed by atoms with van der Waals surface area (Å²) in [5.41, 5.74) is -2.46. The van der Waals surface area contributed by atoms with Crippen LogP contribution in [0, 0.1) is 0 Å². The molecule has 1 aromatic heterocycles. The summed E-state index contributed by atoms with van der Waals surface area (Å²) in [5, 5.41) is 0.104. The number of carbonyl (C=O) groups excluding carboxylic acids is 1. The number of hydrogen-bond acceptors (Lipinski definition) is 3. The minimum Gasteiger partial charge on any atom is -0.288 e. The molecule has 0 spiro atoms. The summed E-state index contributed by atoms with van der Waals surface area (Å²) in [6, 6.07) is 7.05. The Labute approximate surface area is 163 Å². The average Bonchev–Trinajstić information content (AvgIpc) is 3.09. The SMILES string of the molecule is O=C(c1ccccc1Cl)c1scnc1-c1cc(C(F)(F)F)cc(C(F)(F)F)c1. The van der Waals surface area contributed by atoms with Crippen molar-refractivity contribution >= 4 is 28.7 Å². The molecule has 0 bridgehead atoms. The summed E-state index contributed by atoms with van der Waals surface area (Å²) in [7, 11) is 0. The highest BCUT2D eigenvalue weighted by Crippen LogP contribution is 2.39. The lowest BCUT2D eigenvalue weighted by Crippen LogP contribution is -2.11. The number of rotatable bonds is 3. The lowest BCUT2D eigenvalue weighted by Gasteiger charge is -2.14. The predicted octanol–water partition coefficient (Wildman–Crippen LogP) is 6.73. The molecule has 3 rings (SSSR count). The van der Waals surface area contributed by atoms with Crippen LogP contribution in [0.25, 0.3) is 11.3 Å².